The largest absolute Gasteiger partial charge is 0.460 e. The maximum Gasteiger partial charge on any atom is 0.271 e. The van der Waals surface area contributed by atoms with Gasteiger partial charge in [-0.2, -0.15) is 5.10 Å². The van der Waals surface area contributed by atoms with E-state index in [0.717, 1.165) is 5.76 Å². The summed E-state index contributed by atoms with van der Waals surface area (Å²) in [7, 11) is 0. The second kappa shape index (κ2) is 6.00. The molecule has 0 spiro atoms. The first kappa shape index (κ1) is 14.4. The summed E-state index contributed by atoms with van der Waals surface area (Å²) in [6.07, 6.45) is 0. The molecule has 7 nitrogen and oxygen atoms in total. The molecule has 1 N–H and O–H groups in total. The molecular formula is C14H13N3O4. The van der Waals surface area contributed by atoms with Gasteiger partial charge >= 0.3 is 0 Å². The third kappa shape index (κ3) is 3.53. The van der Waals surface area contributed by atoms with Crippen molar-refractivity contribution >= 4 is 17.3 Å². The number of hydrogen-bond donors (Lipinski definition) is 1. The molecule has 0 saturated carbocycles. The SMILES string of the molecule is C/C(=N\NC(=O)c1ccc([N+](=O)[O-])cc1)c1ccc(C)o1. The van der Waals surface area contributed by atoms with Gasteiger partial charge in [0.05, 0.1) is 4.92 Å². The molecule has 1 amide bonds. The molecule has 1 aromatic heterocycles. The number of benzene rings is 1. The van der Waals surface area contributed by atoms with Crippen LogP contribution in [0.4, 0.5) is 5.69 Å². The number of carbonyl (C=O) groups is 1. The van der Waals surface area contributed by atoms with E-state index in [9.17, 15) is 14.9 Å². The summed E-state index contributed by atoms with van der Waals surface area (Å²) in [6, 6.07) is 8.83. The number of hydrogen-bond acceptors (Lipinski definition) is 5. The van der Waals surface area contributed by atoms with E-state index < -0.39 is 10.8 Å². The Morgan fingerprint density at radius 1 is 1.24 bits per heavy atom. The number of nitrogens with zero attached hydrogens (tertiary/aromatic N) is 2. The fourth-order valence-electron chi connectivity index (χ4n) is 1.62. The summed E-state index contributed by atoms with van der Waals surface area (Å²) >= 11 is 0. The van der Waals surface area contributed by atoms with Gasteiger partial charge < -0.3 is 4.42 Å². The number of aryl methyl sites for hydroxylation is 1. The predicted molar refractivity (Wildman–Crippen MR) is 76.2 cm³/mol. The second-order valence-electron chi connectivity index (χ2n) is 4.35. The average molecular weight is 287 g/mol. The van der Waals surface area contributed by atoms with Crippen LogP contribution in [0, 0.1) is 17.0 Å². The van der Waals surface area contributed by atoms with Crippen molar-refractivity contribution in [2.75, 3.05) is 0 Å². The molecule has 1 aromatic carbocycles. The van der Waals surface area contributed by atoms with Crippen LogP contribution < -0.4 is 5.43 Å². The number of non-ortho nitro benzene ring substituents is 1. The first-order valence-electron chi connectivity index (χ1n) is 6.13. The fraction of sp³-hybridized carbons (Fsp3) is 0.143. The Bertz CT molecular complexity index is 701. The van der Waals surface area contributed by atoms with Gasteiger partial charge in [0, 0.05) is 17.7 Å². The zero-order valence-electron chi connectivity index (χ0n) is 11.5. The minimum Gasteiger partial charge on any atom is -0.460 e. The van der Waals surface area contributed by atoms with Gasteiger partial charge in [-0.1, -0.05) is 0 Å². The van der Waals surface area contributed by atoms with E-state index >= 15 is 0 Å². The Kier molecular flexibility index (Phi) is 4.13. The molecule has 0 atom stereocenters. The van der Waals surface area contributed by atoms with Crippen LogP contribution in [-0.2, 0) is 0 Å². The fourth-order valence-corrected chi connectivity index (χ4v) is 1.62. The van der Waals surface area contributed by atoms with Crippen LogP contribution in [0.1, 0.15) is 28.8 Å². The summed E-state index contributed by atoms with van der Waals surface area (Å²) < 4.78 is 5.37. The highest BCUT2D eigenvalue weighted by Crippen LogP contribution is 2.12. The summed E-state index contributed by atoms with van der Waals surface area (Å²) in [5, 5.41) is 14.5. The van der Waals surface area contributed by atoms with E-state index in [2.05, 4.69) is 10.5 Å². The topological polar surface area (TPSA) is 97.7 Å². The lowest BCUT2D eigenvalue weighted by Crippen LogP contribution is -2.19. The number of furan rings is 1. The summed E-state index contributed by atoms with van der Waals surface area (Å²) in [5.74, 6) is 0.866. The standard InChI is InChI=1S/C14H13N3O4/c1-9-3-8-13(21-9)10(2)15-16-14(18)11-4-6-12(7-5-11)17(19)20/h3-8H,1-2H3,(H,16,18)/b15-10+. The molecule has 2 rings (SSSR count). The molecule has 7 heteroatoms. The van der Waals surface area contributed by atoms with Crippen molar-refractivity contribution in [2.45, 2.75) is 13.8 Å². The van der Waals surface area contributed by atoms with Crippen LogP contribution in [-0.4, -0.2) is 16.5 Å². The highest BCUT2D eigenvalue weighted by molar-refractivity contribution is 5.99. The van der Waals surface area contributed by atoms with Crippen LogP contribution >= 0.6 is 0 Å². The van der Waals surface area contributed by atoms with Gasteiger partial charge in [0.15, 0.2) is 0 Å². The second-order valence-corrected chi connectivity index (χ2v) is 4.35. The van der Waals surface area contributed by atoms with Crippen molar-refractivity contribution < 1.29 is 14.1 Å². The third-order valence-electron chi connectivity index (χ3n) is 2.76. The normalized spacial score (nSPS) is 11.2. The number of amides is 1. The van der Waals surface area contributed by atoms with Crippen molar-refractivity contribution in [3.63, 3.8) is 0 Å². The number of nitro groups is 1. The lowest BCUT2D eigenvalue weighted by Gasteiger charge is -2.01. The van der Waals surface area contributed by atoms with Crippen LogP contribution in [0.15, 0.2) is 45.9 Å². The Hall–Kier alpha value is -2.96. The predicted octanol–water partition coefficient (Wildman–Crippen LogP) is 2.65. The highest BCUT2D eigenvalue weighted by atomic mass is 16.6. The minimum atomic E-state index is -0.525. The molecular weight excluding hydrogens is 274 g/mol. The number of nitrogens with one attached hydrogen (secondary N) is 1. The molecule has 0 fully saturated rings. The summed E-state index contributed by atoms with van der Waals surface area (Å²) in [6.45, 7) is 3.51. The zero-order valence-corrected chi connectivity index (χ0v) is 11.5. The zero-order chi connectivity index (χ0) is 15.4. The van der Waals surface area contributed by atoms with Gasteiger partial charge in [-0.15, -0.1) is 0 Å². The van der Waals surface area contributed by atoms with Crippen LogP contribution in [0.5, 0.6) is 0 Å². The molecule has 0 aliphatic carbocycles. The lowest BCUT2D eigenvalue weighted by molar-refractivity contribution is -0.384. The van der Waals surface area contributed by atoms with Crippen molar-refractivity contribution in [1.29, 1.82) is 0 Å². The first-order valence-corrected chi connectivity index (χ1v) is 6.13. The van der Waals surface area contributed by atoms with Crippen LogP contribution in [0.3, 0.4) is 0 Å². The summed E-state index contributed by atoms with van der Waals surface area (Å²) in [4.78, 5) is 21.9. The van der Waals surface area contributed by atoms with Gasteiger partial charge in [-0.25, -0.2) is 5.43 Å². The smallest absolute Gasteiger partial charge is 0.271 e. The van der Waals surface area contributed by atoms with Gasteiger partial charge in [0.2, 0.25) is 0 Å². The molecule has 0 unspecified atom stereocenters. The molecule has 21 heavy (non-hydrogen) atoms. The molecule has 0 bridgehead atoms. The quantitative estimate of drug-likeness (QED) is 0.531. The van der Waals surface area contributed by atoms with Crippen molar-refractivity contribution in [2.24, 2.45) is 5.10 Å². The minimum absolute atomic E-state index is 0.0720. The van der Waals surface area contributed by atoms with E-state index in [-0.39, 0.29) is 11.3 Å². The van der Waals surface area contributed by atoms with Gasteiger partial charge in [-0.05, 0) is 38.1 Å². The van der Waals surface area contributed by atoms with Crippen LogP contribution in [0.25, 0.3) is 0 Å². The number of rotatable bonds is 4. The number of hydrazone groups is 1. The summed E-state index contributed by atoms with van der Waals surface area (Å²) in [5.41, 5.74) is 3.11. The number of nitro benzene ring substituents is 1. The monoisotopic (exact) mass is 287 g/mol. The third-order valence-corrected chi connectivity index (χ3v) is 2.76. The van der Waals surface area contributed by atoms with Gasteiger partial charge in [0.1, 0.15) is 17.2 Å². The van der Waals surface area contributed by atoms with E-state index in [1.807, 2.05) is 6.92 Å². The Morgan fingerprint density at radius 2 is 1.90 bits per heavy atom. The Morgan fingerprint density at radius 3 is 2.43 bits per heavy atom. The Balaban J connectivity index is 2.06. The van der Waals surface area contributed by atoms with Crippen LogP contribution in [0.2, 0.25) is 0 Å². The van der Waals surface area contributed by atoms with Crippen molar-refractivity contribution in [3.8, 4) is 0 Å². The van der Waals surface area contributed by atoms with E-state index in [1.165, 1.54) is 24.3 Å². The van der Waals surface area contributed by atoms with Gasteiger partial charge in [0.25, 0.3) is 11.6 Å². The lowest BCUT2D eigenvalue weighted by atomic mass is 10.2. The number of carbonyl (C=O) groups excluding carboxylic acids is 1. The Labute approximate surface area is 120 Å². The first-order chi connectivity index (χ1) is 9.97. The maximum absolute atomic E-state index is 11.8. The maximum atomic E-state index is 11.8. The molecule has 108 valence electrons. The molecule has 0 aliphatic rings. The van der Waals surface area contributed by atoms with Crippen molar-refractivity contribution in [1.82, 2.24) is 5.43 Å². The van der Waals surface area contributed by atoms with E-state index in [4.69, 9.17) is 4.42 Å². The van der Waals surface area contributed by atoms with Gasteiger partial charge in [-0.3, -0.25) is 14.9 Å². The molecule has 0 aliphatic heterocycles. The molecule has 0 saturated heterocycles. The molecule has 1 heterocycles. The van der Waals surface area contributed by atoms with E-state index in [0.29, 0.717) is 11.5 Å². The van der Waals surface area contributed by atoms with Crippen molar-refractivity contribution in [3.05, 3.63) is 63.6 Å². The highest BCUT2D eigenvalue weighted by Gasteiger charge is 2.09. The average Bonchev–Trinajstić information content (AvgIpc) is 2.91. The molecule has 2 aromatic rings. The van der Waals surface area contributed by atoms with E-state index in [1.54, 1.807) is 19.1 Å². The molecule has 0 radical (unpaired) electrons.